The third-order valence-corrected chi connectivity index (χ3v) is 7.07. The number of carbonyl (C=O) groups excluding carboxylic acids is 1. The number of benzene rings is 1. The van der Waals surface area contributed by atoms with Gasteiger partial charge in [0, 0.05) is 19.6 Å². The average Bonchev–Trinajstić information content (AvgIpc) is 3.49. The molecule has 0 saturated carbocycles. The summed E-state index contributed by atoms with van der Waals surface area (Å²) in [6, 6.07) is 17.7. The molecular weight excluding hydrogens is 390 g/mol. The van der Waals surface area contributed by atoms with Crippen LogP contribution in [0.4, 0.5) is 0 Å². The van der Waals surface area contributed by atoms with Crippen LogP contribution in [0.2, 0.25) is 0 Å². The van der Waals surface area contributed by atoms with Gasteiger partial charge in [0.2, 0.25) is 5.60 Å². The number of ether oxygens (including phenoxy) is 1. The van der Waals surface area contributed by atoms with E-state index in [0.29, 0.717) is 16.3 Å². The van der Waals surface area contributed by atoms with Gasteiger partial charge in [-0.2, -0.15) is 0 Å². The van der Waals surface area contributed by atoms with Crippen LogP contribution in [-0.2, 0) is 21.6 Å². The monoisotopic (exact) mass is 413 g/mol. The molecule has 3 heterocycles. The highest BCUT2D eigenvalue weighted by molar-refractivity contribution is 7.12. The van der Waals surface area contributed by atoms with E-state index >= 15 is 0 Å². The molecule has 0 spiro atoms. The zero-order valence-electron chi connectivity index (χ0n) is 15.5. The van der Waals surface area contributed by atoms with Gasteiger partial charge in [0.25, 0.3) is 0 Å². The van der Waals surface area contributed by atoms with Crippen LogP contribution >= 0.6 is 22.7 Å². The van der Waals surface area contributed by atoms with Crippen molar-refractivity contribution in [2.24, 2.45) is 0 Å². The molecule has 0 aliphatic carbocycles. The van der Waals surface area contributed by atoms with Crippen LogP contribution in [0.1, 0.15) is 21.7 Å². The van der Waals surface area contributed by atoms with Crippen molar-refractivity contribution >= 4 is 28.6 Å². The largest absolute Gasteiger partial charge is 0.458 e. The van der Waals surface area contributed by atoms with Crippen LogP contribution < -0.4 is 0 Å². The lowest BCUT2D eigenvalue weighted by Crippen LogP contribution is -2.39. The maximum atomic E-state index is 13.0. The van der Waals surface area contributed by atoms with E-state index in [-0.39, 0.29) is 6.10 Å². The number of rotatable bonds is 7. The zero-order chi connectivity index (χ0) is 19.4. The molecule has 6 heteroatoms. The molecule has 4 nitrogen and oxygen atoms in total. The fourth-order valence-corrected chi connectivity index (χ4v) is 5.27. The van der Waals surface area contributed by atoms with Gasteiger partial charge in [-0.15, -0.1) is 22.7 Å². The van der Waals surface area contributed by atoms with Gasteiger partial charge in [0.1, 0.15) is 6.10 Å². The van der Waals surface area contributed by atoms with Crippen molar-refractivity contribution in [1.82, 2.24) is 4.90 Å². The van der Waals surface area contributed by atoms with Crippen LogP contribution in [0.5, 0.6) is 0 Å². The Hall–Kier alpha value is -1.99. The fraction of sp³-hybridized carbons (Fsp3) is 0.318. The van der Waals surface area contributed by atoms with Crippen molar-refractivity contribution in [3.05, 3.63) is 80.7 Å². The lowest BCUT2D eigenvalue weighted by Gasteiger charge is -2.26. The minimum absolute atomic E-state index is 0.185. The van der Waals surface area contributed by atoms with Crippen LogP contribution in [0.15, 0.2) is 65.4 Å². The van der Waals surface area contributed by atoms with Crippen LogP contribution in [-0.4, -0.2) is 41.7 Å². The van der Waals surface area contributed by atoms with Crippen molar-refractivity contribution in [2.45, 2.75) is 24.5 Å². The van der Waals surface area contributed by atoms with Crippen LogP contribution in [0.3, 0.4) is 0 Å². The first-order valence-electron chi connectivity index (χ1n) is 9.44. The molecule has 28 heavy (non-hydrogen) atoms. The van der Waals surface area contributed by atoms with Gasteiger partial charge < -0.3 is 9.84 Å². The first-order valence-corrected chi connectivity index (χ1v) is 11.2. The van der Waals surface area contributed by atoms with E-state index in [1.54, 1.807) is 12.1 Å². The van der Waals surface area contributed by atoms with Crippen molar-refractivity contribution in [1.29, 1.82) is 0 Å². The number of carbonyl (C=O) groups is 1. The van der Waals surface area contributed by atoms with E-state index in [4.69, 9.17) is 4.74 Å². The summed E-state index contributed by atoms with van der Waals surface area (Å²) in [7, 11) is 0. The molecule has 0 radical (unpaired) electrons. The molecule has 0 unspecified atom stereocenters. The highest BCUT2D eigenvalue weighted by atomic mass is 32.1. The standard InChI is InChI=1S/C22H23NO3S2/c24-21(22(25,19-8-4-14-27-19)20-9-5-15-28-20)26-18-11-13-23(16-18)12-10-17-6-2-1-3-7-17/h1-9,14-15,18,25H,10-13,16H2/t18-/m1/s1. The van der Waals surface area contributed by atoms with E-state index < -0.39 is 11.6 Å². The summed E-state index contributed by atoms with van der Waals surface area (Å²) in [5.74, 6) is -0.577. The molecule has 0 bridgehead atoms. The molecule has 1 aliphatic rings. The third-order valence-electron chi connectivity index (χ3n) is 5.11. The molecule has 4 rings (SSSR count). The van der Waals surface area contributed by atoms with Gasteiger partial charge in [-0.05, 0) is 41.3 Å². The van der Waals surface area contributed by atoms with Gasteiger partial charge in [-0.1, -0.05) is 42.5 Å². The molecule has 146 valence electrons. The van der Waals surface area contributed by atoms with Crippen molar-refractivity contribution in [3.63, 3.8) is 0 Å². The molecular formula is C22H23NO3S2. The summed E-state index contributed by atoms with van der Waals surface area (Å²) in [5, 5.41) is 15.0. The maximum absolute atomic E-state index is 13.0. The first-order chi connectivity index (χ1) is 13.7. The van der Waals surface area contributed by atoms with E-state index in [1.807, 2.05) is 29.0 Å². The third kappa shape index (κ3) is 4.05. The summed E-state index contributed by atoms with van der Waals surface area (Å²) in [6.45, 7) is 2.56. The van der Waals surface area contributed by atoms with Crippen molar-refractivity contribution in [2.75, 3.05) is 19.6 Å². The quantitative estimate of drug-likeness (QED) is 0.597. The van der Waals surface area contributed by atoms with Gasteiger partial charge in [-0.3, -0.25) is 4.90 Å². The molecule has 2 aromatic heterocycles. The Labute approximate surface area is 173 Å². The van der Waals surface area contributed by atoms with Gasteiger partial charge >= 0.3 is 5.97 Å². The Balaban J connectivity index is 1.39. The summed E-state index contributed by atoms with van der Waals surface area (Å²) in [5.41, 5.74) is -0.410. The number of likely N-dealkylation sites (tertiary alicyclic amines) is 1. The SMILES string of the molecule is O=C(O[C@@H]1CCN(CCc2ccccc2)C1)C(O)(c1cccs1)c1cccs1. The first kappa shape index (κ1) is 19.3. The number of nitrogens with zero attached hydrogens (tertiary/aromatic N) is 1. The predicted octanol–water partition coefficient (Wildman–Crippen LogP) is 3.91. The highest BCUT2D eigenvalue weighted by Gasteiger charge is 2.45. The molecule has 1 atom stereocenters. The molecule has 1 N–H and O–H groups in total. The number of hydrogen-bond donors (Lipinski definition) is 1. The Morgan fingerprint density at radius 3 is 2.36 bits per heavy atom. The lowest BCUT2D eigenvalue weighted by atomic mass is 10.00. The number of hydrogen-bond acceptors (Lipinski definition) is 6. The molecule has 1 aromatic carbocycles. The smallest absolute Gasteiger partial charge is 0.349 e. The van der Waals surface area contributed by atoms with Crippen molar-refractivity contribution < 1.29 is 14.6 Å². The van der Waals surface area contributed by atoms with Gasteiger partial charge in [0.15, 0.2) is 0 Å². The Morgan fingerprint density at radius 1 is 1.07 bits per heavy atom. The number of esters is 1. The lowest BCUT2D eigenvalue weighted by molar-refractivity contribution is -0.166. The zero-order valence-corrected chi connectivity index (χ0v) is 17.1. The summed E-state index contributed by atoms with van der Waals surface area (Å²) >= 11 is 2.73. The molecule has 3 aromatic rings. The fourth-order valence-electron chi connectivity index (χ4n) is 3.56. The summed E-state index contributed by atoms with van der Waals surface area (Å²) in [6.07, 6.45) is 1.59. The number of aliphatic hydroxyl groups is 1. The molecule has 0 amide bonds. The molecule has 1 aliphatic heterocycles. The van der Waals surface area contributed by atoms with Crippen molar-refractivity contribution in [3.8, 4) is 0 Å². The second kappa shape index (κ2) is 8.57. The topological polar surface area (TPSA) is 49.8 Å². The van der Waals surface area contributed by atoms with E-state index in [0.717, 1.165) is 25.9 Å². The number of thiophene rings is 2. The summed E-state index contributed by atoms with van der Waals surface area (Å²) in [4.78, 5) is 16.5. The average molecular weight is 414 g/mol. The molecule has 1 fully saturated rings. The normalized spacial score (nSPS) is 17.7. The van der Waals surface area contributed by atoms with E-state index in [2.05, 4.69) is 29.2 Å². The van der Waals surface area contributed by atoms with Crippen LogP contribution in [0.25, 0.3) is 0 Å². The minimum Gasteiger partial charge on any atom is -0.458 e. The Morgan fingerprint density at radius 2 is 1.75 bits per heavy atom. The van der Waals surface area contributed by atoms with Gasteiger partial charge in [0.05, 0.1) is 9.75 Å². The van der Waals surface area contributed by atoms with Gasteiger partial charge in [-0.25, -0.2) is 4.79 Å². The second-order valence-corrected chi connectivity index (χ2v) is 8.91. The minimum atomic E-state index is -1.72. The van der Waals surface area contributed by atoms with Crippen LogP contribution in [0, 0.1) is 0 Å². The van der Waals surface area contributed by atoms with E-state index in [9.17, 15) is 9.90 Å². The maximum Gasteiger partial charge on any atom is 0.349 e. The highest BCUT2D eigenvalue weighted by Crippen LogP contribution is 2.37. The molecule has 1 saturated heterocycles. The predicted molar refractivity (Wildman–Crippen MR) is 113 cm³/mol. The Bertz CT molecular complexity index is 844. The summed E-state index contributed by atoms with van der Waals surface area (Å²) < 4.78 is 5.79. The van der Waals surface area contributed by atoms with E-state index in [1.165, 1.54) is 28.2 Å². The second-order valence-electron chi connectivity index (χ2n) is 7.02. The Kier molecular flexibility index (Phi) is 5.92.